The van der Waals surface area contributed by atoms with Crippen LogP contribution in [0.1, 0.15) is 41.7 Å². The smallest absolute Gasteiger partial charge is 0.194 e. The van der Waals surface area contributed by atoms with E-state index in [1.165, 1.54) is 83.5 Å². The molecular weight excluding hydrogens is 879 g/mol. The summed E-state index contributed by atoms with van der Waals surface area (Å²) < 4.78 is 2.43. The lowest BCUT2D eigenvalue weighted by atomic mass is 9.85. The van der Waals surface area contributed by atoms with E-state index in [-0.39, 0.29) is 0 Å². The first-order valence-electron chi connectivity index (χ1n) is 25.2. The Labute approximate surface area is 431 Å². The van der Waals surface area contributed by atoms with E-state index in [0.717, 1.165) is 39.2 Å². The van der Waals surface area contributed by atoms with E-state index in [2.05, 4.69) is 311 Å². The van der Waals surface area contributed by atoms with Crippen LogP contribution in [-0.4, -0.2) is 17.3 Å². The third-order valence-electron chi connectivity index (χ3n) is 14.2. The van der Waals surface area contributed by atoms with Crippen LogP contribution in [-0.2, 0) is 0 Å². The minimum atomic E-state index is 1.14. The van der Waals surface area contributed by atoms with Gasteiger partial charge in [0, 0.05) is 11.6 Å². The van der Waals surface area contributed by atoms with E-state index in [4.69, 9.17) is 0 Å². The molecular formula is C72H56N+. The molecule has 0 spiro atoms. The molecule has 0 aromatic heterocycles. The third-order valence-corrected chi connectivity index (χ3v) is 14.2. The second kappa shape index (κ2) is 21.0. The summed E-state index contributed by atoms with van der Waals surface area (Å²) in [4.78, 5) is 0. The van der Waals surface area contributed by atoms with Crippen molar-refractivity contribution in [3.8, 4) is 55.6 Å². The van der Waals surface area contributed by atoms with Crippen molar-refractivity contribution in [3.05, 3.63) is 324 Å². The molecule has 0 aliphatic carbocycles. The molecule has 0 saturated carbocycles. The molecule has 11 rings (SSSR count). The van der Waals surface area contributed by atoms with Gasteiger partial charge in [-0.05, 0) is 121 Å². The monoisotopic (exact) mass is 934 g/mol. The largest absolute Gasteiger partial charge is 0.221 e. The predicted octanol–water partition coefficient (Wildman–Crippen LogP) is 18.5. The van der Waals surface area contributed by atoms with Crippen molar-refractivity contribution in [1.82, 2.24) is 0 Å². The molecule has 348 valence electrons. The van der Waals surface area contributed by atoms with Crippen LogP contribution in [0.4, 0.5) is 0 Å². The Morgan fingerprint density at radius 1 is 0.301 bits per heavy atom. The van der Waals surface area contributed by atoms with Crippen LogP contribution < -0.4 is 0 Å². The first kappa shape index (κ1) is 46.2. The Bertz CT molecular complexity index is 3670. The van der Waals surface area contributed by atoms with Crippen molar-refractivity contribution in [2.45, 2.75) is 13.8 Å². The number of benzene rings is 10. The highest BCUT2D eigenvalue weighted by Crippen LogP contribution is 2.43. The van der Waals surface area contributed by atoms with Gasteiger partial charge >= 0.3 is 0 Å². The van der Waals surface area contributed by atoms with Gasteiger partial charge in [0.25, 0.3) is 0 Å². The minimum Gasteiger partial charge on any atom is -0.194 e. The summed E-state index contributed by atoms with van der Waals surface area (Å²) in [7, 11) is 2.24. The molecule has 0 radical (unpaired) electrons. The summed E-state index contributed by atoms with van der Waals surface area (Å²) in [6.45, 7) is 4.57. The van der Waals surface area contributed by atoms with Crippen molar-refractivity contribution in [2.24, 2.45) is 0 Å². The highest BCUT2D eigenvalue weighted by atomic mass is 15.0. The van der Waals surface area contributed by atoms with Gasteiger partial charge in [0.05, 0.1) is 11.1 Å². The molecule has 1 heteroatoms. The molecule has 73 heavy (non-hydrogen) atoms. The Morgan fingerprint density at radius 2 is 0.589 bits per heavy atom. The van der Waals surface area contributed by atoms with E-state index < -0.39 is 0 Å². The van der Waals surface area contributed by atoms with E-state index in [9.17, 15) is 0 Å². The topological polar surface area (TPSA) is 3.01 Å². The molecule has 0 bridgehead atoms. The Morgan fingerprint density at radius 3 is 0.959 bits per heavy atom. The molecule has 0 amide bonds. The number of hydrogen-bond acceptors (Lipinski definition) is 0. The summed E-state index contributed by atoms with van der Waals surface area (Å²) in [5.41, 5.74) is 25.9. The fraction of sp³-hybridized carbons (Fsp3) is 0.0417. The van der Waals surface area contributed by atoms with E-state index >= 15 is 0 Å². The second-order valence-corrected chi connectivity index (χ2v) is 18.8. The molecule has 1 aliphatic rings. The lowest BCUT2D eigenvalue weighted by Gasteiger charge is -2.18. The van der Waals surface area contributed by atoms with Crippen molar-refractivity contribution >= 4 is 28.0 Å². The van der Waals surface area contributed by atoms with Crippen molar-refractivity contribution < 1.29 is 4.58 Å². The quantitative estimate of drug-likeness (QED) is 0.0848. The van der Waals surface area contributed by atoms with Crippen molar-refractivity contribution in [2.75, 3.05) is 7.05 Å². The Kier molecular flexibility index (Phi) is 13.3. The maximum atomic E-state index is 2.43. The fourth-order valence-corrected chi connectivity index (χ4v) is 10.2. The molecule has 0 fully saturated rings. The van der Waals surface area contributed by atoms with Gasteiger partial charge in [-0.1, -0.05) is 267 Å². The van der Waals surface area contributed by atoms with Gasteiger partial charge in [0.2, 0.25) is 11.4 Å². The summed E-state index contributed by atoms with van der Waals surface area (Å²) >= 11 is 0. The zero-order chi connectivity index (χ0) is 49.5. The van der Waals surface area contributed by atoms with E-state index in [0.29, 0.717) is 0 Å². The number of rotatable bonds is 12. The number of likely N-dealkylation sites (N-methyl/N-ethyl adjacent to an activating group) is 1. The van der Waals surface area contributed by atoms with Crippen LogP contribution in [0, 0.1) is 0 Å². The lowest BCUT2D eigenvalue weighted by Crippen LogP contribution is -2.13. The van der Waals surface area contributed by atoms with Gasteiger partial charge in [-0.15, -0.1) is 0 Å². The maximum absolute atomic E-state index is 2.43. The van der Waals surface area contributed by atoms with Gasteiger partial charge in [0.15, 0.2) is 0 Å². The molecule has 0 N–H and O–H groups in total. The van der Waals surface area contributed by atoms with Gasteiger partial charge in [-0.2, -0.15) is 4.58 Å². The van der Waals surface area contributed by atoms with Crippen LogP contribution in [0.3, 0.4) is 0 Å². The van der Waals surface area contributed by atoms with E-state index in [1.54, 1.807) is 0 Å². The van der Waals surface area contributed by atoms with E-state index in [1.807, 2.05) is 0 Å². The highest BCUT2D eigenvalue weighted by molar-refractivity contribution is 6.16. The summed E-state index contributed by atoms with van der Waals surface area (Å²) in [5, 5.41) is 0. The standard InChI is InChI=1S/C72H56N/c1-51(53-29-31-59(32-30-53)54-19-9-4-10-20-54)49-68(64-41-33-60(34-42-64)55-21-11-5-12-22-55)52(2)71(67-47-39-63(40-48-67)58-27-17-8-18-28-58)72-69(65-43-35-61(36-44-65)56-23-13-6-14-24-56)50-70(73(72)3)66-45-37-62(38-46-66)57-25-15-7-16-26-57/h4-50H,1-3H3/q+1/b51-49+,68-52-,72-71+. The lowest BCUT2D eigenvalue weighted by molar-refractivity contribution is -0.430. The van der Waals surface area contributed by atoms with Crippen LogP contribution in [0.25, 0.3) is 77.9 Å². The van der Waals surface area contributed by atoms with Gasteiger partial charge in [0.1, 0.15) is 7.05 Å². The normalized spacial score (nSPS) is 13.6. The Balaban J connectivity index is 1.15. The SMILES string of the molecule is CC(=C(\C=C(/C)c1ccc(-c2ccccc2)cc1)c1ccc(-c2ccccc2)cc1)/C(=C1/C(c2ccc(-c3ccccc3)cc2)=CC(c2ccc(-c3ccccc3)cc2)=[N+]1C)c1ccc(-c2ccccc2)cc1. The second-order valence-electron chi connectivity index (χ2n) is 18.8. The maximum Gasteiger partial charge on any atom is 0.221 e. The minimum absolute atomic E-state index is 1.14. The number of nitrogens with zero attached hydrogens (tertiary/aromatic N) is 1. The molecule has 0 unspecified atom stereocenters. The molecule has 1 heterocycles. The van der Waals surface area contributed by atoms with Crippen LogP contribution >= 0.6 is 0 Å². The average molecular weight is 935 g/mol. The van der Waals surface area contributed by atoms with Crippen LogP contribution in [0.5, 0.6) is 0 Å². The first-order valence-corrected chi connectivity index (χ1v) is 25.2. The average Bonchev–Trinajstić information content (AvgIpc) is 3.81. The summed E-state index contributed by atoms with van der Waals surface area (Å²) in [5.74, 6) is 0. The van der Waals surface area contributed by atoms with Gasteiger partial charge in [-0.3, -0.25) is 0 Å². The first-order chi connectivity index (χ1) is 35.9. The van der Waals surface area contributed by atoms with Crippen LogP contribution in [0.15, 0.2) is 296 Å². The highest BCUT2D eigenvalue weighted by Gasteiger charge is 2.34. The Hall–Kier alpha value is -9.17. The molecule has 1 nitrogen and oxygen atoms in total. The molecule has 10 aromatic rings. The molecule has 1 aliphatic heterocycles. The number of allylic oxidation sites excluding steroid dienone is 7. The van der Waals surface area contributed by atoms with Crippen LogP contribution in [0.2, 0.25) is 0 Å². The predicted molar refractivity (Wildman–Crippen MR) is 311 cm³/mol. The zero-order valence-corrected chi connectivity index (χ0v) is 41.6. The molecule has 0 atom stereocenters. The van der Waals surface area contributed by atoms with Gasteiger partial charge < -0.3 is 0 Å². The zero-order valence-electron chi connectivity index (χ0n) is 41.6. The summed E-state index contributed by atoms with van der Waals surface area (Å²) in [6, 6.07) is 98.7. The third kappa shape index (κ3) is 9.95. The fourth-order valence-electron chi connectivity index (χ4n) is 10.2. The van der Waals surface area contributed by atoms with Crippen molar-refractivity contribution in [1.29, 1.82) is 0 Å². The molecule has 0 saturated heterocycles. The molecule has 10 aromatic carbocycles. The van der Waals surface area contributed by atoms with Gasteiger partial charge in [-0.25, -0.2) is 0 Å². The van der Waals surface area contributed by atoms with Crippen molar-refractivity contribution in [3.63, 3.8) is 0 Å². The number of hydrogen-bond donors (Lipinski definition) is 0. The summed E-state index contributed by atoms with van der Waals surface area (Å²) in [6.07, 6.45) is 4.81.